The number of carbonyl (C=O) groups is 1. The third-order valence-electron chi connectivity index (χ3n) is 4.80. The summed E-state index contributed by atoms with van der Waals surface area (Å²) in [6.07, 6.45) is 3.42. The standard InChI is InChI=1S/C18H22N4O3/c1-2-9-24-16-6-4-3-5-14(16)18(23)21-8-7-15-17(11-21)25-12-13-10-19-20-22(13)15/h3-6,10,15,17H,2,7-9,11-12H2,1H3/t15-,17-/m0/s1. The molecule has 2 aliphatic rings. The summed E-state index contributed by atoms with van der Waals surface area (Å²) in [5, 5.41) is 8.15. The van der Waals surface area contributed by atoms with Crippen LogP contribution in [-0.4, -0.2) is 51.6 Å². The fourth-order valence-electron chi connectivity index (χ4n) is 3.52. The molecule has 0 saturated carbocycles. The molecule has 1 aromatic heterocycles. The number of hydrogen-bond donors (Lipinski definition) is 0. The van der Waals surface area contributed by atoms with Gasteiger partial charge in [-0.2, -0.15) is 0 Å². The molecule has 2 aliphatic heterocycles. The molecular weight excluding hydrogens is 320 g/mol. The van der Waals surface area contributed by atoms with E-state index in [1.807, 2.05) is 40.8 Å². The number of carbonyl (C=O) groups excluding carboxylic acids is 1. The molecule has 1 amide bonds. The number of piperidine rings is 1. The van der Waals surface area contributed by atoms with Crippen LogP contribution in [0, 0.1) is 0 Å². The number of nitrogens with zero attached hydrogens (tertiary/aromatic N) is 4. The van der Waals surface area contributed by atoms with Crippen molar-refractivity contribution in [3.05, 3.63) is 41.7 Å². The van der Waals surface area contributed by atoms with Crippen LogP contribution in [0.3, 0.4) is 0 Å². The van der Waals surface area contributed by atoms with Crippen LogP contribution in [0.25, 0.3) is 0 Å². The van der Waals surface area contributed by atoms with E-state index < -0.39 is 0 Å². The first-order valence-electron chi connectivity index (χ1n) is 8.79. The molecule has 0 bridgehead atoms. The van der Waals surface area contributed by atoms with E-state index >= 15 is 0 Å². The second kappa shape index (κ2) is 6.84. The zero-order chi connectivity index (χ0) is 17.2. The lowest BCUT2D eigenvalue weighted by Gasteiger charge is -2.41. The van der Waals surface area contributed by atoms with Gasteiger partial charge >= 0.3 is 0 Å². The lowest BCUT2D eigenvalue weighted by atomic mass is 9.99. The number of para-hydroxylation sites is 1. The number of likely N-dealkylation sites (tertiary alicyclic amines) is 1. The van der Waals surface area contributed by atoms with Gasteiger partial charge in [0, 0.05) is 13.1 Å². The van der Waals surface area contributed by atoms with E-state index in [4.69, 9.17) is 9.47 Å². The van der Waals surface area contributed by atoms with E-state index in [9.17, 15) is 4.79 Å². The molecule has 7 heteroatoms. The Hall–Kier alpha value is -2.41. The molecule has 1 fully saturated rings. The molecule has 2 atom stereocenters. The topological polar surface area (TPSA) is 69.5 Å². The van der Waals surface area contributed by atoms with Crippen LogP contribution in [0.1, 0.15) is 41.9 Å². The summed E-state index contributed by atoms with van der Waals surface area (Å²) in [5.41, 5.74) is 1.62. The third kappa shape index (κ3) is 3.00. The summed E-state index contributed by atoms with van der Waals surface area (Å²) >= 11 is 0. The second-order valence-electron chi connectivity index (χ2n) is 6.47. The lowest BCUT2D eigenvalue weighted by Crippen LogP contribution is -2.50. The van der Waals surface area contributed by atoms with Gasteiger partial charge in [-0.3, -0.25) is 4.79 Å². The number of aromatic nitrogens is 3. The van der Waals surface area contributed by atoms with Crippen LogP contribution >= 0.6 is 0 Å². The van der Waals surface area contributed by atoms with Gasteiger partial charge in [-0.05, 0) is 25.0 Å². The van der Waals surface area contributed by atoms with Crippen LogP contribution in [0.4, 0.5) is 0 Å². The molecule has 0 spiro atoms. The first-order chi connectivity index (χ1) is 12.3. The maximum absolute atomic E-state index is 13.0. The van der Waals surface area contributed by atoms with Gasteiger partial charge in [-0.1, -0.05) is 24.3 Å². The molecule has 132 valence electrons. The number of rotatable bonds is 4. The maximum Gasteiger partial charge on any atom is 0.257 e. The Kier molecular flexibility index (Phi) is 4.40. The van der Waals surface area contributed by atoms with Crippen LogP contribution in [0.5, 0.6) is 5.75 Å². The molecule has 0 N–H and O–H groups in total. The molecule has 7 nitrogen and oxygen atoms in total. The van der Waals surface area contributed by atoms with Crippen LogP contribution < -0.4 is 4.74 Å². The Balaban J connectivity index is 1.50. The van der Waals surface area contributed by atoms with Crippen LogP contribution in [0.15, 0.2) is 30.5 Å². The first-order valence-corrected chi connectivity index (χ1v) is 8.79. The average Bonchev–Trinajstić information content (AvgIpc) is 3.15. The minimum Gasteiger partial charge on any atom is -0.493 e. The average molecular weight is 342 g/mol. The van der Waals surface area contributed by atoms with Gasteiger partial charge in [0.1, 0.15) is 5.75 Å². The van der Waals surface area contributed by atoms with Gasteiger partial charge in [0.15, 0.2) is 0 Å². The summed E-state index contributed by atoms with van der Waals surface area (Å²) in [5.74, 6) is 0.651. The highest BCUT2D eigenvalue weighted by Gasteiger charge is 2.38. The van der Waals surface area contributed by atoms with Gasteiger partial charge in [0.25, 0.3) is 5.91 Å². The van der Waals surface area contributed by atoms with Gasteiger partial charge < -0.3 is 14.4 Å². The van der Waals surface area contributed by atoms with E-state index in [2.05, 4.69) is 10.3 Å². The second-order valence-corrected chi connectivity index (χ2v) is 6.47. The monoisotopic (exact) mass is 342 g/mol. The van der Waals surface area contributed by atoms with Gasteiger partial charge in [0.2, 0.25) is 0 Å². The Morgan fingerprint density at radius 1 is 1.40 bits per heavy atom. The molecule has 1 saturated heterocycles. The van der Waals surface area contributed by atoms with Gasteiger partial charge in [-0.15, -0.1) is 5.10 Å². The normalized spacial score (nSPS) is 22.2. The third-order valence-corrected chi connectivity index (χ3v) is 4.80. The van der Waals surface area contributed by atoms with Crippen molar-refractivity contribution >= 4 is 5.91 Å². The predicted octanol–water partition coefficient (Wildman–Crippen LogP) is 2.05. The summed E-state index contributed by atoms with van der Waals surface area (Å²) in [7, 11) is 0. The van der Waals surface area contributed by atoms with Crippen LogP contribution in [0.2, 0.25) is 0 Å². The molecule has 3 heterocycles. The molecule has 4 rings (SSSR count). The van der Waals surface area contributed by atoms with Crippen molar-refractivity contribution in [2.45, 2.75) is 38.5 Å². The number of fused-ring (bicyclic) bond motifs is 3. The van der Waals surface area contributed by atoms with E-state index in [0.717, 1.165) is 18.5 Å². The van der Waals surface area contributed by atoms with Crippen molar-refractivity contribution in [3.63, 3.8) is 0 Å². The van der Waals surface area contributed by atoms with E-state index in [0.29, 0.717) is 37.6 Å². The summed E-state index contributed by atoms with van der Waals surface area (Å²) in [4.78, 5) is 14.9. The molecule has 0 unspecified atom stereocenters. The van der Waals surface area contributed by atoms with E-state index in [1.165, 1.54) is 0 Å². The molecule has 0 radical (unpaired) electrons. The van der Waals surface area contributed by atoms with Crippen LogP contribution in [-0.2, 0) is 11.3 Å². The zero-order valence-corrected chi connectivity index (χ0v) is 14.3. The van der Waals surface area contributed by atoms with E-state index in [-0.39, 0.29) is 18.1 Å². The lowest BCUT2D eigenvalue weighted by molar-refractivity contribution is -0.0628. The Morgan fingerprint density at radius 2 is 2.28 bits per heavy atom. The fourth-order valence-corrected chi connectivity index (χ4v) is 3.52. The number of hydrogen-bond acceptors (Lipinski definition) is 5. The minimum absolute atomic E-state index is 0.00172. The summed E-state index contributed by atoms with van der Waals surface area (Å²) < 4.78 is 13.6. The summed E-state index contributed by atoms with van der Waals surface area (Å²) in [6, 6.07) is 7.61. The molecular formula is C18H22N4O3. The highest BCUT2D eigenvalue weighted by Crippen LogP contribution is 2.31. The highest BCUT2D eigenvalue weighted by atomic mass is 16.5. The summed E-state index contributed by atoms with van der Waals surface area (Å²) in [6.45, 7) is 4.38. The molecule has 25 heavy (non-hydrogen) atoms. The fraction of sp³-hybridized carbons (Fsp3) is 0.500. The Morgan fingerprint density at radius 3 is 3.16 bits per heavy atom. The molecule has 2 aromatic rings. The SMILES string of the molecule is CCCOc1ccccc1C(=O)N1CC[C@H]2[C@H](C1)OCc1cnnn12. The zero-order valence-electron chi connectivity index (χ0n) is 14.3. The number of ether oxygens (including phenoxy) is 2. The quantitative estimate of drug-likeness (QED) is 0.850. The highest BCUT2D eigenvalue weighted by molar-refractivity contribution is 5.97. The van der Waals surface area contributed by atoms with Gasteiger partial charge in [-0.25, -0.2) is 4.68 Å². The van der Waals surface area contributed by atoms with Gasteiger partial charge in [0.05, 0.1) is 42.8 Å². The smallest absolute Gasteiger partial charge is 0.257 e. The number of amides is 1. The van der Waals surface area contributed by atoms with Crippen molar-refractivity contribution in [2.75, 3.05) is 19.7 Å². The Bertz CT molecular complexity index is 760. The maximum atomic E-state index is 13.0. The van der Waals surface area contributed by atoms with Crippen molar-refractivity contribution in [1.82, 2.24) is 19.9 Å². The number of benzene rings is 1. The van der Waals surface area contributed by atoms with Crippen molar-refractivity contribution < 1.29 is 14.3 Å². The minimum atomic E-state index is -0.0457. The van der Waals surface area contributed by atoms with Crippen molar-refractivity contribution in [2.24, 2.45) is 0 Å². The molecule has 0 aliphatic carbocycles. The van der Waals surface area contributed by atoms with E-state index in [1.54, 1.807) is 6.20 Å². The van der Waals surface area contributed by atoms with Crippen molar-refractivity contribution in [3.8, 4) is 5.75 Å². The predicted molar refractivity (Wildman–Crippen MR) is 90.4 cm³/mol. The Labute approximate surface area is 146 Å². The van der Waals surface area contributed by atoms with Crippen molar-refractivity contribution in [1.29, 1.82) is 0 Å². The first kappa shape index (κ1) is 16.1. The largest absolute Gasteiger partial charge is 0.493 e. The molecule has 1 aromatic carbocycles.